The van der Waals surface area contributed by atoms with Crippen LogP contribution in [0.25, 0.3) is 0 Å². The van der Waals surface area contributed by atoms with Crippen molar-refractivity contribution in [3.8, 4) is 0 Å². The van der Waals surface area contributed by atoms with Crippen molar-refractivity contribution in [1.82, 2.24) is 10.2 Å². The second kappa shape index (κ2) is 6.47. The van der Waals surface area contributed by atoms with Gasteiger partial charge in [0.2, 0.25) is 5.91 Å². The quantitative estimate of drug-likeness (QED) is 0.666. The minimum atomic E-state index is -0.440. The van der Waals surface area contributed by atoms with Crippen molar-refractivity contribution >= 4 is 11.6 Å². The molecule has 108 valence electrons. The van der Waals surface area contributed by atoms with Crippen LogP contribution in [0.2, 0.25) is 0 Å². The normalized spacial score (nSPS) is 18.6. The third-order valence-corrected chi connectivity index (χ3v) is 3.74. The number of hydrogen-bond donors (Lipinski definition) is 1. The summed E-state index contributed by atoms with van der Waals surface area (Å²) in [5.41, 5.74) is 0.481. The molecule has 6 nitrogen and oxygen atoms in total. The second-order valence-electron chi connectivity index (χ2n) is 5.07. The molecule has 0 aliphatic carbocycles. The standard InChI is InChI=1S/C14H19N3O3/c1-16(12-6-4-8-15-10-12)14(18)9-11-5-2-3-7-13(11)17(19)20/h2-3,5,7,12,15H,4,6,8-10H2,1H3. The van der Waals surface area contributed by atoms with Gasteiger partial charge in [0.15, 0.2) is 0 Å². The topological polar surface area (TPSA) is 75.5 Å². The molecule has 1 heterocycles. The monoisotopic (exact) mass is 277 g/mol. The molecule has 1 atom stereocenters. The number of piperidine rings is 1. The van der Waals surface area contributed by atoms with Crippen LogP contribution in [0.15, 0.2) is 24.3 Å². The predicted molar refractivity (Wildman–Crippen MR) is 75.5 cm³/mol. The lowest BCUT2D eigenvalue weighted by Gasteiger charge is -2.31. The Morgan fingerprint density at radius 2 is 2.25 bits per heavy atom. The molecule has 1 fully saturated rings. The first-order chi connectivity index (χ1) is 9.59. The minimum Gasteiger partial charge on any atom is -0.341 e. The molecule has 0 bridgehead atoms. The lowest BCUT2D eigenvalue weighted by Crippen LogP contribution is -2.47. The zero-order valence-corrected chi connectivity index (χ0v) is 11.5. The average molecular weight is 277 g/mol. The van der Waals surface area contributed by atoms with Gasteiger partial charge < -0.3 is 10.2 Å². The van der Waals surface area contributed by atoms with Crippen LogP contribution in [0.1, 0.15) is 18.4 Å². The fraction of sp³-hybridized carbons (Fsp3) is 0.500. The summed E-state index contributed by atoms with van der Waals surface area (Å²) in [6.45, 7) is 1.78. The van der Waals surface area contributed by atoms with Crippen LogP contribution in [0.3, 0.4) is 0 Å². The number of nitrogens with one attached hydrogen (secondary N) is 1. The third-order valence-electron chi connectivity index (χ3n) is 3.74. The molecular formula is C14H19N3O3. The number of carbonyl (C=O) groups is 1. The Morgan fingerprint density at radius 3 is 2.90 bits per heavy atom. The van der Waals surface area contributed by atoms with Crippen molar-refractivity contribution in [2.45, 2.75) is 25.3 Å². The number of nitrogens with zero attached hydrogens (tertiary/aromatic N) is 2. The van der Waals surface area contributed by atoms with Gasteiger partial charge in [-0.05, 0) is 19.4 Å². The number of nitro benzene ring substituents is 1. The van der Waals surface area contributed by atoms with E-state index in [0.29, 0.717) is 5.56 Å². The fourth-order valence-corrected chi connectivity index (χ4v) is 2.49. The smallest absolute Gasteiger partial charge is 0.273 e. The van der Waals surface area contributed by atoms with Crippen molar-refractivity contribution in [1.29, 1.82) is 0 Å². The van der Waals surface area contributed by atoms with E-state index in [9.17, 15) is 14.9 Å². The Kier molecular flexibility index (Phi) is 4.68. The van der Waals surface area contributed by atoms with E-state index in [-0.39, 0.29) is 24.1 Å². The maximum Gasteiger partial charge on any atom is 0.273 e. The number of rotatable bonds is 4. The maximum atomic E-state index is 12.3. The summed E-state index contributed by atoms with van der Waals surface area (Å²) in [7, 11) is 1.77. The highest BCUT2D eigenvalue weighted by molar-refractivity contribution is 5.80. The van der Waals surface area contributed by atoms with Crippen LogP contribution in [0, 0.1) is 10.1 Å². The first-order valence-electron chi connectivity index (χ1n) is 6.78. The molecule has 6 heteroatoms. The first-order valence-corrected chi connectivity index (χ1v) is 6.78. The van der Waals surface area contributed by atoms with Crippen LogP contribution in [-0.2, 0) is 11.2 Å². The molecule has 1 aromatic rings. The van der Waals surface area contributed by atoms with Crippen LogP contribution < -0.4 is 5.32 Å². The second-order valence-corrected chi connectivity index (χ2v) is 5.07. The molecule has 1 N–H and O–H groups in total. The largest absolute Gasteiger partial charge is 0.341 e. The van der Waals surface area contributed by atoms with E-state index in [1.807, 2.05) is 0 Å². The molecule has 0 radical (unpaired) electrons. The number of amides is 1. The van der Waals surface area contributed by atoms with Crippen molar-refractivity contribution in [3.05, 3.63) is 39.9 Å². The fourth-order valence-electron chi connectivity index (χ4n) is 2.49. The minimum absolute atomic E-state index is 0.0102. The van der Waals surface area contributed by atoms with Crippen LogP contribution in [0.4, 0.5) is 5.69 Å². The number of nitro groups is 1. The van der Waals surface area contributed by atoms with Crippen molar-refractivity contribution < 1.29 is 9.72 Å². The number of benzene rings is 1. The SMILES string of the molecule is CN(C(=O)Cc1ccccc1[N+](=O)[O-])C1CCCNC1. The summed E-state index contributed by atoms with van der Waals surface area (Å²) in [5.74, 6) is -0.0759. The molecule has 1 saturated heterocycles. The number of likely N-dealkylation sites (N-methyl/N-ethyl adjacent to an activating group) is 1. The summed E-state index contributed by atoms with van der Waals surface area (Å²) in [5, 5.41) is 14.2. The molecule has 0 spiro atoms. The molecule has 0 aromatic heterocycles. The van der Waals surface area contributed by atoms with Crippen LogP contribution in [-0.4, -0.2) is 41.9 Å². The van der Waals surface area contributed by atoms with Gasteiger partial charge in [0.1, 0.15) is 0 Å². The van der Waals surface area contributed by atoms with Gasteiger partial charge in [-0.1, -0.05) is 18.2 Å². The van der Waals surface area contributed by atoms with Crippen molar-refractivity contribution in [2.75, 3.05) is 20.1 Å². The molecule has 20 heavy (non-hydrogen) atoms. The highest BCUT2D eigenvalue weighted by Gasteiger charge is 2.24. The van der Waals surface area contributed by atoms with Gasteiger partial charge in [-0.25, -0.2) is 0 Å². The summed E-state index contributed by atoms with van der Waals surface area (Å²) >= 11 is 0. The molecule has 1 unspecified atom stereocenters. The van der Waals surface area contributed by atoms with Gasteiger partial charge in [0, 0.05) is 31.3 Å². The summed E-state index contributed by atoms with van der Waals surface area (Å²) in [4.78, 5) is 24.5. The number of para-hydroxylation sites is 1. The summed E-state index contributed by atoms with van der Waals surface area (Å²) in [6, 6.07) is 6.59. The van der Waals surface area contributed by atoms with E-state index >= 15 is 0 Å². The van der Waals surface area contributed by atoms with Crippen LogP contribution >= 0.6 is 0 Å². The summed E-state index contributed by atoms with van der Waals surface area (Å²) < 4.78 is 0. The van der Waals surface area contributed by atoms with Crippen molar-refractivity contribution in [2.24, 2.45) is 0 Å². The van der Waals surface area contributed by atoms with E-state index in [1.54, 1.807) is 30.1 Å². The molecule has 1 amide bonds. The maximum absolute atomic E-state index is 12.3. The van der Waals surface area contributed by atoms with Crippen molar-refractivity contribution in [3.63, 3.8) is 0 Å². The van der Waals surface area contributed by atoms with E-state index < -0.39 is 4.92 Å². The molecule has 2 rings (SSSR count). The zero-order valence-electron chi connectivity index (χ0n) is 11.5. The van der Waals surface area contributed by atoms with E-state index in [4.69, 9.17) is 0 Å². The van der Waals surface area contributed by atoms with Gasteiger partial charge >= 0.3 is 0 Å². The Bertz CT molecular complexity index is 498. The molecule has 1 aliphatic rings. The molecule has 0 saturated carbocycles. The number of hydrogen-bond acceptors (Lipinski definition) is 4. The Labute approximate surface area is 117 Å². The summed E-state index contributed by atoms with van der Waals surface area (Å²) in [6.07, 6.45) is 2.10. The van der Waals surface area contributed by atoms with E-state index in [0.717, 1.165) is 25.9 Å². The average Bonchev–Trinajstić information content (AvgIpc) is 2.47. The van der Waals surface area contributed by atoms with Gasteiger partial charge in [0.25, 0.3) is 5.69 Å². The highest BCUT2D eigenvalue weighted by atomic mass is 16.6. The number of carbonyl (C=O) groups excluding carboxylic acids is 1. The first kappa shape index (κ1) is 14.5. The molecule has 1 aromatic carbocycles. The molecule has 1 aliphatic heterocycles. The lowest BCUT2D eigenvalue weighted by atomic mass is 10.0. The molecular weight excluding hydrogens is 258 g/mol. The van der Waals surface area contributed by atoms with Gasteiger partial charge in [-0.15, -0.1) is 0 Å². The van der Waals surface area contributed by atoms with Crippen LogP contribution in [0.5, 0.6) is 0 Å². The van der Waals surface area contributed by atoms with Gasteiger partial charge in [-0.3, -0.25) is 14.9 Å². The van der Waals surface area contributed by atoms with Gasteiger partial charge in [-0.2, -0.15) is 0 Å². The third kappa shape index (κ3) is 3.33. The Morgan fingerprint density at radius 1 is 1.50 bits per heavy atom. The predicted octanol–water partition coefficient (Wildman–Crippen LogP) is 1.35. The zero-order chi connectivity index (χ0) is 14.5. The van der Waals surface area contributed by atoms with E-state index in [1.165, 1.54) is 6.07 Å². The highest BCUT2D eigenvalue weighted by Crippen LogP contribution is 2.19. The van der Waals surface area contributed by atoms with E-state index in [2.05, 4.69) is 5.32 Å². The van der Waals surface area contributed by atoms with Gasteiger partial charge in [0.05, 0.1) is 11.3 Å². The lowest BCUT2D eigenvalue weighted by molar-refractivity contribution is -0.385. The Balaban J connectivity index is 2.05. The Hall–Kier alpha value is -1.95.